The molecule has 0 amide bonds. The molecule has 1 unspecified atom stereocenters. The summed E-state index contributed by atoms with van der Waals surface area (Å²) in [4.78, 5) is 12.7. The highest BCUT2D eigenvalue weighted by atomic mass is 35.5. The molecule has 4 nitrogen and oxygen atoms in total. The summed E-state index contributed by atoms with van der Waals surface area (Å²) in [7, 11) is 1.81. The van der Waals surface area contributed by atoms with Gasteiger partial charge in [0.2, 0.25) is 0 Å². The van der Waals surface area contributed by atoms with Gasteiger partial charge in [-0.3, -0.25) is 9.69 Å². The van der Waals surface area contributed by atoms with Gasteiger partial charge in [0.15, 0.2) is 0 Å². The van der Waals surface area contributed by atoms with Crippen molar-refractivity contribution in [1.29, 1.82) is 0 Å². The number of rotatable bonds is 7. The molecule has 0 fully saturated rings. The third kappa shape index (κ3) is 3.89. The van der Waals surface area contributed by atoms with E-state index in [1.165, 1.54) is 0 Å². The molecule has 138 valence electrons. The standard InChI is InChI=1S/C20H21Cl2NO3/c1-23(12-19(24)25)11-3-10-20(14-6-8-15(21)9-7-14)17-4-2-5-18(22)16(17)13-26-20/h2,4-9H,3,10-13H2,1H3,(H,24,25). The third-order valence-electron chi connectivity index (χ3n) is 4.80. The van der Waals surface area contributed by atoms with Crippen molar-refractivity contribution in [2.45, 2.75) is 25.0 Å². The van der Waals surface area contributed by atoms with Gasteiger partial charge in [0.05, 0.1) is 13.2 Å². The molecular formula is C20H21Cl2NO3. The number of benzene rings is 2. The van der Waals surface area contributed by atoms with Crippen LogP contribution in [0.5, 0.6) is 0 Å². The van der Waals surface area contributed by atoms with Gasteiger partial charge in [-0.2, -0.15) is 0 Å². The Morgan fingerprint density at radius 1 is 1.23 bits per heavy atom. The Balaban J connectivity index is 1.89. The Kier molecular flexibility index (Phi) is 5.88. The van der Waals surface area contributed by atoms with Gasteiger partial charge < -0.3 is 9.84 Å². The Labute approximate surface area is 163 Å². The summed E-state index contributed by atoms with van der Waals surface area (Å²) in [6, 6.07) is 13.6. The summed E-state index contributed by atoms with van der Waals surface area (Å²) in [6.45, 7) is 1.15. The maximum atomic E-state index is 10.9. The molecule has 0 saturated carbocycles. The first-order valence-corrected chi connectivity index (χ1v) is 9.26. The van der Waals surface area contributed by atoms with Gasteiger partial charge in [0.25, 0.3) is 0 Å². The van der Waals surface area contributed by atoms with Crippen LogP contribution in [-0.4, -0.2) is 36.1 Å². The van der Waals surface area contributed by atoms with Gasteiger partial charge in [0, 0.05) is 15.6 Å². The lowest BCUT2D eigenvalue weighted by molar-refractivity contribution is -0.138. The van der Waals surface area contributed by atoms with Crippen LogP contribution < -0.4 is 0 Å². The minimum absolute atomic E-state index is 0.0250. The predicted octanol–water partition coefficient (Wildman–Crippen LogP) is 4.56. The van der Waals surface area contributed by atoms with Crippen molar-refractivity contribution >= 4 is 29.2 Å². The zero-order valence-corrected chi connectivity index (χ0v) is 16.1. The molecule has 3 rings (SSSR count). The maximum Gasteiger partial charge on any atom is 0.317 e. The maximum absolute atomic E-state index is 10.9. The molecule has 1 heterocycles. The van der Waals surface area contributed by atoms with Gasteiger partial charge in [-0.1, -0.05) is 47.5 Å². The van der Waals surface area contributed by atoms with E-state index in [2.05, 4.69) is 6.07 Å². The highest BCUT2D eigenvalue weighted by Crippen LogP contribution is 2.47. The smallest absolute Gasteiger partial charge is 0.317 e. The second-order valence-electron chi connectivity index (χ2n) is 6.62. The second kappa shape index (κ2) is 7.97. The Bertz CT molecular complexity index is 794. The number of likely N-dealkylation sites (N-methyl/N-ethyl adjacent to an activating group) is 1. The number of carboxylic acid groups (broad SMARTS) is 1. The number of hydrogen-bond donors (Lipinski definition) is 1. The van der Waals surface area contributed by atoms with Crippen LogP contribution >= 0.6 is 23.2 Å². The number of ether oxygens (including phenoxy) is 1. The van der Waals surface area contributed by atoms with Crippen molar-refractivity contribution in [3.05, 3.63) is 69.2 Å². The molecule has 26 heavy (non-hydrogen) atoms. The van der Waals surface area contributed by atoms with Crippen molar-refractivity contribution < 1.29 is 14.6 Å². The second-order valence-corrected chi connectivity index (χ2v) is 7.47. The van der Waals surface area contributed by atoms with Crippen LogP contribution in [-0.2, 0) is 21.7 Å². The molecule has 0 aromatic heterocycles. The van der Waals surface area contributed by atoms with E-state index >= 15 is 0 Å². The monoisotopic (exact) mass is 393 g/mol. The summed E-state index contributed by atoms with van der Waals surface area (Å²) < 4.78 is 6.32. The van der Waals surface area contributed by atoms with E-state index in [4.69, 9.17) is 33.0 Å². The fraction of sp³-hybridized carbons (Fsp3) is 0.350. The van der Waals surface area contributed by atoms with Crippen LogP contribution in [0.2, 0.25) is 10.0 Å². The summed E-state index contributed by atoms with van der Waals surface area (Å²) in [5.74, 6) is -0.825. The van der Waals surface area contributed by atoms with Gasteiger partial charge in [-0.25, -0.2) is 0 Å². The number of carboxylic acids is 1. The fourth-order valence-electron chi connectivity index (χ4n) is 3.57. The first-order chi connectivity index (χ1) is 12.4. The van der Waals surface area contributed by atoms with E-state index in [0.29, 0.717) is 23.2 Å². The molecule has 1 N–H and O–H groups in total. The van der Waals surface area contributed by atoms with Gasteiger partial charge in [-0.05, 0) is 55.8 Å². The molecule has 0 saturated heterocycles. The highest BCUT2D eigenvalue weighted by molar-refractivity contribution is 6.31. The molecule has 0 spiro atoms. The van der Waals surface area contributed by atoms with Gasteiger partial charge >= 0.3 is 5.97 Å². The van der Waals surface area contributed by atoms with E-state index in [9.17, 15) is 4.79 Å². The molecule has 2 aromatic carbocycles. The van der Waals surface area contributed by atoms with Crippen molar-refractivity contribution in [2.24, 2.45) is 0 Å². The zero-order chi connectivity index (χ0) is 18.7. The normalized spacial score (nSPS) is 18.9. The van der Waals surface area contributed by atoms with Crippen molar-refractivity contribution in [3.63, 3.8) is 0 Å². The Hall–Kier alpha value is -1.59. The fourth-order valence-corrected chi connectivity index (χ4v) is 3.93. The number of fused-ring (bicyclic) bond motifs is 1. The lowest BCUT2D eigenvalue weighted by Crippen LogP contribution is -2.31. The van der Waals surface area contributed by atoms with Crippen LogP contribution in [0.15, 0.2) is 42.5 Å². The largest absolute Gasteiger partial charge is 0.480 e. The van der Waals surface area contributed by atoms with Crippen molar-refractivity contribution in [1.82, 2.24) is 4.90 Å². The minimum atomic E-state index is -0.825. The summed E-state index contributed by atoms with van der Waals surface area (Å²) in [5.41, 5.74) is 2.54. The van der Waals surface area contributed by atoms with Crippen molar-refractivity contribution in [2.75, 3.05) is 20.1 Å². The van der Waals surface area contributed by atoms with Crippen LogP contribution in [0, 0.1) is 0 Å². The highest BCUT2D eigenvalue weighted by Gasteiger charge is 2.42. The van der Waals surface area contributed by atoms with E-state index in [1.54, 1.807) is 4.90 Å². The summed E-state index contributed by atoms with van der Waals surface area (Å²) in [6.07, 6.45) is 1.52. The number of hydrogen-bond acceptors (Lipinski definition) is 3. The molecule has 0 radical (unpaired) electrons. The van der Waals surface area contributed by atoms with Crippen LogP contribution in [0.1, 0.15) is 29.5 Å². The molecule has 2 aromatic rings. The lowest BCUT2D eigenvalue weighted by atomic mass is 9.82. The summed E-state index contributed by atoms with van der Waals surface area (Å²) >= 11 is 12.4. The number of aliphatic carboxylic acids is 1. The molecule has 1 aliphatic rings. The number of carbonyl (C=O) groups is 1. The summed E-state index contributed by atoms with van der Waals surface area (Å²) in [5, 5.41) is 10.3. The third-order valence-corrected chi connectivity index (χ3v) is 5.41. The van der Waals surface area contributed by atoms with Gasteiger partial charge in [-0.15, -0.1) is 0 Å². The molecule has 1 aliphatic heterocycles. The lowest BCUT2D eigenvalue weighted by Gasteiger charge is -2.31. The van der Waals surface area contributed by atoms with E-state index in [1.807, 2.05) is 43.4 Å². The van der Waals surface area contributed by atoms with Gasteiger partial charge in [0.1, 0.15) is 5.60 Å². The average molecular weight is 394 g/mol. The predicted molar refractivity (Wildman–Crippen MR) is 103 cm³/mol. The topological polar surface area (TPSA) is 49.8 Å². The Morgan fingerprint density at radius 2 is 1.96 bits per heavy atom. The van der Waals surface area contributed by atoms with Crippen LogP contribution in [0.3, 0.4) is 0 Å². The number of nitrogens with zero attached hydrogens (tertiary/aromatic N) is 1. The van der Waals surface area contributed by atoms with Crippen molar-refractivity contribution in [3.8, 4) is 0 Å². The first kappa shape index (κ1) is 19.2. The molecule has 0 bridgehead atoms. The first-order valence-electron chi connectivity index (χ1n) is 8.50. The van der Waals surface area contributed by atoms with Crippen LogP contribution in [0.25, 0.3) is 0 Å². The van der Waals surface area contributed by atoms with Crippen LogP contribution in [0.4, 0.5) is 0 Å². The average Bonchev–Trinajstić information content (AvgIpc) is 2.96. The van der Waals surface area contributed by atoms with E-state index < -0.39 is 11.6 Å². The number of halogens is 2. The zero-order valence-electron chi connectivity index (χ0n) is 14.5. The SMILES string of the molecule is CN(CCCC1(c2ccc(Cl)cc2)OCc2c(Cl)cccc21)CC(=O)O. The Morgan fingerprint density at radius 3 is 2.65 bits per heavy atom. The molecule has 1 atom stereocenters. The molecule has 6 heteroatoms. The molecule has 0 aliphatic carbocycles. The van der Waals surface area contributed by atoms with E-state index in [-0.39, 0.29) is 6.54 Å². The quantitative estimate of drug-likeness (QED) is 0.748. The molecular weight excluding hydrogens is 373 g/mol. The minimum Gasteiger partial charge on any atom is -0.480 e. The van der Waals surface area contributed by atoms with E-state index in [0.717, 1.165) is 29.5 Å².